The molecule has 1 N–H and O–H groups in total. The zero-order chi connectivity index (χ0) is 13.2. The zero-order valence-corrected chi connectivity index (χ0v) is 12.2. The number of rotatable bonds is 3. The summed E-state index contributed by atoms with van der Waals surface area (Å²) in [7, 11) is 0. The van der Waals surface area contributed by atoms with Crippen LogP contribution >= 0.6 is 0 Å². The van der Waals surface area contributed by atoms with Gasteiger partial charge in [0, 0.05) is 23.7 Å². The van der Waals surface area contributed by atoms with Gasteiger partial charge in [0.05, 0.1) is 0 Å². The van der Waals surface area contributed by atoms with Crippen molar-refractivity contribution < 1.29 is 0 Å². The van der Waals surface area contributed by atoms with Gasteiger partial charge in [-0.3, -0.25) is 0 Å². The fraction of sp³-hybridized carbons (Fsp3) is 0.750. The third-order valence-electron chi connectivity index (χ3n) is 4.68. The Morgan fingerprint density at radius 2 is 1.89 bits per heavy atom. The number of nitrogens with zero attached hydrogens (tertiary/aromatic N) is 2. The molecule has 1 saturated carbocycles. The van der Waals surface area contributed by atoms with Crippen molar-refractivity contribution in [3.63, 3.8) is 0 Å². The maximum absolute atomic E-state index is 4.89. The Morgan fingerprint density at radius 1 is 1.11 bits per heavy atom. The van der Waals surface area contributed by atoms with E-state index in [1.54, 1.807) is 0 Å². The minimum atomic E-state index is 0.597. The average molecular weight is 259 g/mol. The Bertz CT molecular complexity index is 448. The molecule has 0 atom stereocenters. The second kappa shape index (κ2) is 5.48. The Balaban J connectivity index is 1.87. The molecule has 19 heavy (non-hydrogen) atoms. The molecule has 3 nitrogen and oxygen atoms in total. The predicted octanol–water partition coefficient (Wildman–Crippen LogP) is 3.69. The Hall–Kier alpha value is -1.12. The van der Waals surface area contributed by atoms with Crippen LogP contribution in [0.5, 0.6) is 0 Å². The van der Waals surface area contributed by atoms with Crippen molar-refractivity contribution in [3.05, 3.63) is 17.1 Å². The summed E-state index contributed by atoms with van der Waals surface area (Å²) in [5.41, 5.74) is 2.70. The standard InChI is InChI=1S/C16H25N3/c1-3-17-16-13-5-4-6-14(13)18-15(19-16)12-9-7-11(2)8-10-12/h11-12H,3-10H2,1-2H3,(H,17,18,19). The van der Waals surface area contributed by atoms with Crippen LogP contribution in [0.25, 0.3) is 0 Å². The van der Waals surface area contributed by atoms with Gasteiger partial charge >= 0.3 is 0 Å². The minimum absolute atomic E-state index is 0.597. The highest BCUT2D eigenvalue weighted by molar-refractivity contribution is 5.49. The van der Waals surface area contributed by atoms with Gasteiger partial charge in [-0.05, 0) is 44.9 Å². The van der Waals surface area contributed by atoms with Gasteiger partial charge in [0.2, 0.25) is 0 Å². The first-order valence-corrected chi connectivity index (χ1v) is 7.91. The molecule has 104 valence electrons. The molecule has 1 aromatic heterocycles. The third-order valence-corrected chi connectivity index (χ3v) is 4.68. The first kappa shape index (κ1) is 12.9. The van der Waals surface area contributed by atoms with Gasteiger partial charge in [0.25, 0.3) is 0 Å². The number of hydrogen-bond donors (Lipinski definition) is 1. The van der Waals surface area contributed by atoms with Crippen molar-refractivity contribution in [2.24, 2.45) is 5.92 Å². The molecule has 0 spiro atoms. The largest absolute Gasteiger partial charge is 0.370 e. The molecule has 0 bridgehead atoms. The summed E-state index contributed by atoms with van der Waals surface area (Å²) in [6.07, 6.45) is 8.75. The number of hydrogen-bond acceptors (Lipinski definition) is 3. The van der Waals surface area contributed by atoms with E-state index < -0.39 is 0 Å². The molecule has 0 saturated heterocycles. The van der Waals surface area contributed by atoms with Crippen LogP contribution in [0.1, 0.15) is 69.0 Å². The second-order valence-electron chi connectivity index (χ2n) is 6.20. The predicted molar refractivity (Wildman–Crippen MR) is 78.6 cm³/mol. The van der Waals surface area contributed by atoms with Crippen LogP contribution in [-0.2, 0) is 12.8 Å². The quantitative estimate of drug-likeness (QED) is 0.899. The van der Waals surface area contributed by atoms with Crippen molar-refractivity contribution >= 4 is 5.82 Å². The van der Waals surface area contributed by atoms with E-state index in [0.717, 1.165) is 36.9 Å². The Morgan fingerprint density at radius 3 is 2.63 bits per heavy atom. The average Bonchev–Trinajstić information content (AvgIpc) is 2.88. The second-order valence-corrected chi connectivity index (χ2v) is 6.20. The summed E-state index contributed by atoms with van der Waals surface area (Å²) < 4.78 is 0. The maximum Gasteiger partial charge on any atom is 0.134 e. The topological polar surface area (TPSA) is 37.8 Å². The summed E-state index contributed by atoms with van der Waals surface area (Å²) in [4.78, 5) is 9.75. The maximum atomic E-state index is 4.89. The molecule has 0 unspecified atom stereocenters. The van der Waals surface area contributed by atoms with Gasteiger partial charge in [-0.1, -0.05) is 19.8 Å². The molecular formula is C16H25N3. The number of fused-ring (bicyclic) bond motifs is 1. The molecule has 2 aliphatic rings. The summed E-state index contributed by atoms with van der Waals surface area (Å²) in [6, 6.07) is 0. The fourth-order valence-electron chi connectivity index (χ4n) is 3.47. The summed E-state index contributed by atoms with van der Waals surface area (Å²) in [5.74, 6) is 3.72. The monoisotopic (exact) mass is 259 g/mol. The fourth-order valence-corrected chi connectivity index (χ4v) is 3.47. The lowest BCUT2D eigenvalue weighted by Crippen LogP contribution is -2.16. The van der Waals surface area contributed by atoms with E-state index in [0.29, 0.717) is 5.92 Å². The van der Waals surface area contributed by atoms with Gasteiger partial charge in [-0.2, -0.15) is 0 Å². The van der Waals surface area contributed by atoms with E-state index in [1.165, 1.54) is 43.4 Å². The van der Waals surface area contributed by atoms with E-state index in [9.17, 15) is 0 Å². The van der Waals surface area contributed by atoms with E-state index in [-0.39, 0.29) is 0 Å². The van der Waals surface area contributed by atoms with Gasteiger partial charge < -0.3 is 5.32 Å². The van der Waals surface area contributed by atoms with Crippen LogP contribution in [-0.4, -0.2) is 16.5 Å². The molecule has 0 aromatic carbocycles. The highest BCUT2D eigenvalue weighted by Gasteiger charge is 2.25. The molecule has 0 radical (unpaired) electrons. The number of anilines is 1. The molecule has 1 heterocycles. The summed E-state index contributed by atoms with van der Waals surface area (Å²) in [6.45, 7) is 5.46. The van der Waals surface area contributed by atoms with Gasteiger partial charge in [0.15, 0.2) is 0 Å². The Kier molecular flexibility index (Phi) is 3.72. The smallest absolute Gasteiger partial charge is 0.134 e. The molecule has 3 rings (SSSR count). The third kappa shape index (κ3) is 2.60. The molecule has 3 heteroatoms. The van der Waals surface area contributed by atoms with Crippen molar-refractivity contribution in [1.29, 1.82) is 0 Å². The Labute approximate surface area is 116 Å². The SMILES string of the molecule is CCNc1nc(C2CCC(C)CC2)nc2c1CCC2. The lowest BCUT2D eigenvalue weighted by Gasteiger charge is -2.25. The molecule has 1 aromatic rings. The van der Waals surface area contributed by atoms with Crippen molar-refractivity contribution in [2.75, 3.05) is 11.9 Å². The summed E-state index contributed by atoms with van der Waals surface area (Å²) >= 11 is 0. The first-order chi connectivity index (χ1) is 9.28. The van der Waals surface area contributed by atoms with E-state index >= 15 is 0 Å². The number of nitrogens with one attached hydrogen (secondary N) is 1. The molecule has 0 aliphatic heterocycles. The van der Waals surface area contributed by atoms with Gasteiger partial charge in [-0.25, -0.2) is 9.97 Å². The van der Waals surface area contributed by atoms with Gasteiger partial charge in [0.1, 0.15) is 11.6 Å². The lowest BCUT2D eigenvalue weighted by atomic mass is 9.82. The minimum Gasteiger partial charge on any atom is -0.370 e. The number of aryl methyl sites for hydroxylation is 1. The van der Waals surface area contributed by atoms with Crippen LogP contribution in [0.4, 0.5) is 5.82 Å². The van der Waals surface area contributed by atoms with Crippen molar-refractivity contribution in [3.8, 4) is 0 Å². The number of aromatic nitrogens is 2. The summed E-state index contributed by atoms with van der Waals surface area (Å²) in [5, 5.41) is 3.45. The first-order valence-electron chi connectivity index (χ1n) is 7.91. The van der Waals surface area contributed by atoms with Crippen LogP contribution < -0.4 is 5.32 Å². The highest BCUT2D eigenvalue weighted by Crippen LogP contribution is 2.36. The molecule has 1 fully saturated rings. The van der Waals surface area contributed by atoms with Crippen LogP contribution in [0.15, 0.2) is 0 Å². The van der Waals surface area contributed by atoms with Crippen LogP contribution in [0.2, 0.25) is 0 Å². The molecule has 0 amide bonds. The lowest BCUT2D eigenvalue weighted by molar-refractivity contribution is 0.339. The van der Waals surface area contributed by atoms with E-state index in [2.05, 4.69) is 19.2 Å². The van der Waals surface area contributed by atoms with Crippen LogP contribution in [0.3, 0.4) is 0 Å². The van der Waals surface area contributed by atoms with Crippen LogP contribution in [0, 0.1) is 5.92 Å². The van der Waals surface area contributed by atoms with Crippen molar-refractivity contribution in [2.45, 2.75) is 64.7 Å². The van der Waals surface area contributed by atoms with Crippen molar-refractivity contribution in [1.82, 2.24) is 9.97 Å². The van der Waals surface area contributed by atoms with E-state index in [4.69, 9.17) is 9.97 Å². The molecule has 2 aliphatic carbocycles. The van der Waals surface area contributed by atoms with Gasteiger partial charge in [-0.15, -0.1) is 0 Å². The molecular weight excluding hydrogens is 234 g/mol. The highest BCUT2D eigenvalue weighted by atomic mass is 15.0. The zero-order valence-electron chi connectivity index (χ0n) is 12.2. The van der Waals surface area contributed by atoms with E-state index in [1.807, 2.05) is 0 Å². The normalized spacial score (nSPS) is 26.2.